The molecular weight excluding hydrogens is 499 g/mol. The second kappa shape index (κ2) is 9.58. The number of amides is 2. The maximum Gasteiger partial charge on any atom is 0.304 e. The number of piperidine rings is 1. The molecule has 34 heavy (non-hydrogen) atoms. The summed E-state index contributed by atoms with van der Waals surface area (Å²) in [6, 6.07) is 13.5. The Kier molecular flexibility index (Phi) is 6.91. The second-order valence-corrected chi connectivity index (χ2v) is 10.7. The van der Waals surface area contributed by atoms with Crippen LogP contribution in [-0.2, 0) is 22.1 Å². The molecule has 0 aliphatic carbocycles. The number of fused-ring (bicyclic) bond motifs is 1. The molecule has 0 radical (unpaired) electrons. The van der Waals surface area contributed by atoms with Crippen molar-refractivity contribution in [2.24, 2.45) is 7.05 Å². The molecule has 2 amide bonds. The first-order chi connectivity index (χ1) is 16.1. The molecular formula is C23H24Cl2N4O4S. The lowest BCUT2D eigenvalue weighted by molar-refractivity contribution is -0.117. The average Bonchev–Trinajstić information content (AvgIpc) is 3.13. The van der Waals surface area contributed by atoms with E-state index >= 15 is 0 Å². The highest BCUT2D eigenvalue weighted by Gasteiger charge is 2.38. The Hall–Kier alpha value is -2.59. The quantitative estimate of drug-likeness (QED) is 0.532. The topological polar surface area (TPSA) is 101 Å². The van der Waals surface area contributed by atoms with Crippen molar-refractivity contribution >= 4 is 56.1 Å². The standard InChI is InChI=1S/C23H24Cl2N4O4S/c1-14(30)27-34(32,33)29-11-10-16(12-20(29)15-6-4-3-5-7-15)26-23(31)21-13-17-19(28(21)2)9-8-18(24)22(17)25/h3-9,13,16,20H,10-12H2,1-2H3,(H,26,31)(H,27,30)/t16-,20?/m1/s1. The van der Waals surface area contributed by atoms with E-state index in [1.807, 2.05) is 35.1 Å². The van der Waals surface area contributed by atoms with Crippen molar-refractivity contribution in [1.82, 2.24) is 18.9 Å². The zero-order valence-electron chi connectivity index (χ0n) is 18.6. The van der Waals surface area contributed by atoms with Gasteiger partial charge in [0.25, 0.3) is 5.91 Å². The van der Waals surface area contributed by atoms with Crippen LogP contribution in [0, 0.1) is 0 Å². The number of hydrogen-bond donors (Lipinski definition) is 2. The molecule has 11 heteroatoms. The molecule has 0 saturated carbocycles. The number of halogens is 2. The number of nitrogens with one attached hydrogen (secondary N) is 2. The van der Waals surface area contributed by atoms with Gasteiger partial charge < -0.3 is 9.88 Å². The molecule has 180 valence electrons. The number of aryl methyl sites for hydroxylation is 1. The molecule has 0 spiro atoms. The fourth-order valence-corrected chi connectivity index (χ4v) is 6.16. The van der Waals surface area contributed by atoms with Crippen molar-refractivity contribution in [1.29, 1.82) is 0 Å². The molecule has 0 bridgehead atoms. The minimum Gasteiger partial charge on any atom is -0.348 e. The maximum absolute atomic E-state index is 13.2. The first kappa shape index (κ1) is 24.5. The molecule has 2 heterocycles. The molecule has 2 N–H and O–H groups in total. The van der Waals surface area contributed by atoms with Gasteiger partial charge >= 0.3 is 10.2 Å². The summed E-state index contributed by atoms with van der Waals surface area (Å²) in [6.07, 6.45) is 0.746. The lowest BCUT2D eigenvalue weighted by Crippen LogP contribution is -2.51. The Bertz CT molecular complexity index is 1360. The van der Waals surface area contributed by atoms with Crippen molar-refractivity contribution in [2.75, 3.05) is 6.54 Å². The molecule has 2 aromatic carbocycles. The zero-order valence-corrected chi connectivity index (χ0v) is 20.9. The van der Waals surface area contributed by atoms with Crippen LogP contribution >= 0.6 is 23.2 Å². The third-order valence-electron chi connectivity index (χ3n) is 6.00. The predicted octanol–water partition coefficient (Wildman–Crippen LogP) is 3.80. The Morgan fingerprint density at radius 2 is 1.79 bits per heavy atom. The number of hydrogen-bond acceptors (Lipinski definition) is 4. The van der Waals surface area contributed by atoms with Gasteiger partial charge in [0.15, 0.2) is 0 Å². The molecule has 8 nitrogen and oxygen atoms in total. The first-order valence-corrected chi connectivity index (χ1v) is 12.9. The zero-order chi connectivity index (χ0) is 24.6. The van der Waals surface area contributed by atoms with Crippen molar-refractivity contribution in [3.05, 3.63) is 69.8 Å². The van der Waals surface area contributed by atoms with Crippen LogP contribution in [0.2, 0.25) is 10.0 Å². The van der Waals surface area contributed by atoms with E-state index < -0.39 is 22.2 Å². The summed E-state index contributed by atoms with van der Waals surface area (Å²) in [5, 5.41) is 4.51. The SMILES string of the molecule is CC(=O)NS(=O)(=O)N1CC[C@@H](NC(=O)c2cc3c(Cl)c(Cl)ccc3n2C)CC1c1ccccc1. The van der Waals surface area contributed by atoms with Crippen molar-refractivity contribution in [2.45, 2.75) is 31.8 Å². The number of nitrogens with zero attached hydrogens (tertiary/aromatic N) is 2. The molecule has 4 rings (SSSR count). The summed E-state index contributed by atoms with van der Waals surface area (Å²) in [4.78, 5) is 24.6. The molecule has 1 unspecified atom stereocenters. The number of carbonyl (C=O) groups excluding carboxylic acids is 2. The van der Waals surface area contributed by atoms with Crippen LogP contribution in [0.3, 0.4) is 0 Å². The minimum atomic E-state index is -4.03. The number of aromatic nitrogens is 1. The van der Waals surface area contributed by atoms with Crippen LogP contribution in [0.25, 0.3) is 10.9 Å². The van der Waals surface area contributed by atoms with E-state index in [0.717, 1.165) is 18.0 Å². The van der Waals surface area contributed by atoms with Crippen molar-refractivity contribution in [3.8, 4) is 0 Å². The highest BCUT2D eigenvalue weighted by atomic mass is 35.5. The molecule has 1 aliphatic rings. The summed E-state index contributed by atoms with van der Waals surface area (Å²) in [6.45, 7) is 1.30. The smallest absolute Gasteiger partial charge is 0.304 e. The molecule has 1 saturated heterocycles. The maximum atomic E-state index is 13.2. The highest BCUT2D eigenvalue weighted by molar-refractivity contribution is 7.87. The van der Waals surface area contributed by atoms with E-state index in [9.17, 15) is 18.0 Å². The van der Waals surface area contributed by atoms with Gasteiger partial charge in [-0.25, -0.2) is 4.72 Å². The van der Waals surface area contributed by atoms with Crippen LogP contribution in [0.15, 0.2) is 48.5 Å². The Balaban J connectivity index is 1.59. The highest BCUT2D eigenvalue weighted by Crippen LogP contribution is 2.34. The molecule has 2 atom stereocenters. The van der Waals surface area contributed by atoms with E-state index in [4.69, 9.17) is 23.2 Å². The van der Waals surface area contributed by atoms with Gasteiger partial charge in [0.2, 0.25) is 5.91 Å². The fraction of sp³-hybridized carbons (Fsp3) is 0.304. The summed E-state index contributed by atoms with van der Waals surface area (Å²) in [7, 11) is -2.25. The van der Waals surface area contributed by atoms with E-state index in [0.29, 0.717) is 34.0 Å². The van der Waals surface area contributed by atoms with Crippen molar-refractivity contribution < 1.29 is 18.0 Å². The van der Waals surface area contributed by atoms with E-state index in [2.05, 4.69) is 5.32 Å². The normalized spacial score (nSPS) is 19.2. The third-order valence-corrected chi connectivity index (χ3v) is 8.42. The van der Waals surface area contributed by atoms with Crippen LogP contribution in [-0.4, -0.2) is 41.7 Å². The summed E-state index contributed by atoms with van der Waals surface area (Å²) in [5.74, 6) is -0.947. The number of benzene rings is 2. The van der Waals surface area contributed by atoms with E-state index in [1.165, 1.54) is 4.31 Å². The Labute approximate surface area is 208 Å². The molecule has 1 fully saturated rings. The first-order valence-electron chi connectivity index (χ1n) is 10.7. The van der Waals surface area contributed by atoms with E-state index in [-0.39, 0.29) is 18.5 Å². The minimum absolute atomic E-state index is 0.143. The van der Waals surface area contributed by atoms with E-state index in [1.54, 1.807) is 29.8 Å². The van der Waals surface area contributed by atoms with Gasteiger partial charge in [-0.15, -0.1) is 0 Å². The van der Waals surface area contributed by atoms with Gasteiger partial charge in [-0.3, -0.25) is 9.59 Å². The lowest BCUT2D eigenvalue weighted by atomic mass is 9.93. The summed E-state index contributed by atoms with van der Waals surface area (Å²) in [5.41, 5.74) is 1.98. The van der Waals surface area contributed by atoms with Crippen LogP contribution in [0.4, 0.5) is 0 Å². The summed E-state index contributed by atoms with van der Waals surface area (Å²) >= 11 is 12.4. The van der Waals surface area contributed by atoms with Gasteiger partial charge in [0.05, 0.1) is 16.1 Å². The van der Waals surface area contributed by atoms with Crippen LogP contribution in [0.1, 0.15) is 41.9 Å². The summed E-state index contributed by atoms with van der Waals surface area (Å²) < 4.78 is 30.7. The Morgan fingerprint density at radius 3 is 2.47 bits per heavy atom. The van der Waals surface area contributed by atoms with Gasteiger partial charge in [0.1, 0.15) is 5.69 Å². The lowest BCUT2D eigenvalue weighted by Gasteiger charge is -2.38. The van der Waals surface area contributed by atoms with Crippen LogP contribution < -0.4 is 10.0 Å². The third kappa shape index (κ3) is 4.79. The molecule has 1 aromatic heterocycles. The van der Waals surface area contributed by atoms with Gasteiger partial charge in [0, 0.05) is 37.5 Å². The fourth-order valence-electron chi connectivity index (χ4n) is 4.41. The van der Waals surface area contributed by atoms with Gasteiger partial charge in [-0.05, 0) is 36.6 Å². The largest absolute Gasteiger partial charge is 0.348 e. The number of carbonyl (C=O) groups is 2. The number of rotatable bonds is 5. The molecule has 1 aliphatic heterocycles. The van der Waals surface area contributed by atoms with Gasteiger partial charge in [-0.1, -0.05) is 53.5 Å². The predicted molar refractivity (Wildman–Crippen MR) is 132 cm³/mol. The second-order valence-electron chi connectivity index (χ2n) is 8.28. The van der Waals surface area contributed by atoms with Gasteiger partial charge in [-0.2, -0.15) is 12.7 Å². The Morgan fingerprint density at radius 1 is 1.09 bits per heavy atom. The monoisotopic (exact) mass is 522 g/mol. The van der Waals surface area contributed by atoms with Crippen molar-refractivity contribution in [3.63, 3.8) is 0 Å². The van der Waals surface area contributed by atoms with Crippen LogP contribution in [0.5, 0.6) is 0 Å². The average molecular weight is 523 g/mol. The molecule has 3 aromatic rings.